The monoisotopic (exact) mass is 554 g/mol. The fraction of sp³-hybridized carbons (Fsp3) is 0.419. The van der Waals surface area contributed by atoms with E-state index in [1.54, 1.807) is 10.7 Å². The van der Waals surface area contributed by atoms with Gasteiger partial charge in [-0.25, -0.2) is 4.68 Å². The summed E-state index contributed by atoms with van der Waals surface area (Å²) in [7, 11) is -0.663. The number of rotatable bonds is 5. The molecule has 3 aromatic rings. The minimum atomic E-state index is -0.663. The van der Waals surface area contributed by atoms with Crippen LogP contribution in [0.2, 0.25) is 0 Å². The molecule has 0 radical (unpaired) electrons. The van der Waals surface area contributed by atoms with Gasteiger partial charge < -0.3 is 10.2 Å². The van der Waals surface area contributed by atoms with E-state index in [1.165, 1.54) is 6.42 Å². The van der Waals surface area contributed by atoms with E-state index in [9.17, 15) is 14.3 Å². The summed E-state index contributed by atoms with van der Waals surface area (Å²) in [6.45, 7) is 1.68. The molecule has 1 N–H and O–H groups in total. The topological polar surface area (TPSA) is 115 Å². The summed E-state index contributed by atoms with van der Waals surface area (Å²) in [4.78, 5) is 14.0. The van der Waals surface area contributed by atoms with Gasteiger partial charge in [-0.2, -0.15) is 15.6 Å². The number of para-hydroxylation sites is 1. The van der Waals surface area contributed by atoms with Gasteiger partial charge in [-0.15, -0.1) is 0 Å². The highest BCUT2D eigenvalue weighted by Gasteiger charge is 2.45. The summed E-state index contributed by atoms with van der Waals surface area (Å²) < 4.78 is 13.2. The highest BCUT2D eigenvalue weighted by Crippen LogP contribution is 2.35. The number of carbonyl (C=O) groups is 1. The van der Waals surface area contributed by atoms with Gasteiger partial charge in [0.1, 0.15) is 11.6 Å². The maximum atomic E-state index is 11.8. The zero-order valence-electron chi connectivity index (χ0n) is 22.6. The summed E-state index contributed by atoms with van der Waals surface area (Å²) in [6, 6.07) is 20.2. The quantitative estimate of drug-likeness (QED) is 0.488. The van der Waals surface area contributed by atoms with Crippen molar-refractivity contribution in [1.29, 1.82) is 10.5 Å². The molecule has 1 amide bonds. The first-order valence-corrected chi connectivity index (χ1v) is 15.5. The SMILES string of the molecule is N#CC1(NC(=O)C2CCCCC2)CC1.N#Cc1ccccc1-n1cc(-c2ccc(N3CCS(=O)CC3)cc2)cn1. The van der Waals surface area contributed by atoms with Gasteiger partial charge in [-0.3, -0.25) is 9.00 Å². The number of carbonyl (C=O) groups excluding carboxylic acids is 1. The van der Waals surface area contributed by atoms with Crippen molar-refractivity contribution in [2.75, 3.05) is 29.5 Å². The summed E-state index contributed by atoms with van der Waals surface area (Å²) in [5.41, 5.74) is 4.14. The van der Waals surface area contributed by atoms with Crippen molar-refractivity contribution in [3.63, 3.8) is 0 Å². The number of benzene rings is 2. The fourth-order valence-electron chi connectivity index (χ4n) is 5.22. The molecule has 1 saturated heterocycles. The number of hydrogen-bond acceptors (Lipinski definition) is 6. The Morgan fingerprint density at radius 1 is 0.975 bits per heavy atom. The minimum absolute atomic E-state index is 0.115. The van der Waals surface area contributed by atoms with E-state index in [-0.39, 0.29) is 11.8 Å². The highest BCUT2D eigenvalue weighted by atomic mass is 32.2. The van der Waals surface area contributed by atoms with Crippen LogP contribution in [-0.4, -0.2) is 50.0 Å². The van der Waals surface area contributed by atoms with Crippen LogP contribution < -0.4 is 10.2 Å². The largest absolute Gasteiger partial charge is 0.370 e. The normalized spacial score (nSPS) is 18.5. The van der Waals surface area contributed by atoms with Gasteiger partial charge in [-0.05, 0) is 55.5 Å². The van der Waals surface area contributed by atoms with Crippen LogP contribution in [0, 0.1) is 28.6 Å². The van der Waals surface area contributed by atoms with Crippen LogP contribution >= 0.6 is 0 Å². The number of nitrogens with one attached hydrogen (secondary N) is 1. The summed E-state index contributed by atoms with van der Waals surface area (Å²) >= 11 is 0. The molecule has 2 heterocycles. The molecule has 1 aromatic heterocycles. The lowest BCUT2D eigenvalue weighted by Gasteiger charge is -2.28. The lowest BCUT2D eigenvalue weighted by Crippen LogP contribution is -2.40. The average molecular weight is 555 g/mol. The van der Waals surface area contributed by atoms with E-state index in [1.807, 2.05) is 30.6 Å². The molecule has 0 bridgehead atoms. The van der Waals surface area contributed by atoms with Gasteiger partial charge in [0.05, 0.1) is 23.5 Å². The molecule has 0 spiro atoms. The third-order valence-electron chi connectivity index (χ3n) is 7.90. The number of aromatic nitrogens is 2. The molecule has 2 saturated carbocycles. The standard InChI is InChI=1S/C20H18N4OS.C11H16N2O/c21-13-17-3-1-2-4-20(17)24-15-18(14-22-24)16-5-7-19(8-6-16)23-9-11-26(25)12-10-23;12-8-11(6-7-11)13-10(14)9-4-2-1-3-5-9/h1-8,14-15H,9-12H2;9H,1-7H2,(H,13,14). The number of amides is 1. The van der Waals surface area contributed by atoms with Gasteiger partial charge in [0.15, 0.2) is 0 Å². The fourth-order valence-corrected chi connectivity index (χ4v) is 6.28. The molecular weight excluding hydrogens is 520 g/mol. The molecule has 9 heteroatoms. The second-order valence-electron chi connectivity index (χ2n) is 10.7. The average Bonchev–Trinajstić information content (AvgIpc) is 3.61. The van der Waals surface area contributed by atoms with E-state index in [0.717, 1.165) is 85.6 Å². The second-order valence-corrected chi connectivity index (χ2v) is 12.4. The van der Waals surface area contributed by atoms with Gasteiger partial charge in [0.25, 0.3) is 0 Å². The molecule has 8 nitrogen and oxygen atoms in total. The molecular formula is C31H34N6O2S. The molecule has 0 atom stereocenters. The molecule has 0 unspecified atom stereocenters. The smallest absolute Gasteiger partial charge is 0.224 e. The number of nitrogens with zero attached hydrogens (tertiary/aromatic N) is 5. The lowest BCUT2D eigenvalue weighted by molar-refractivity contribution is -0.126. The molecule has 2 aromatic carbocycles. The summed E-state index contributed by atoms with van der Waals surface area (Å²) in [5, 5.41) is 25.4. The first-order chi connectivity index (χ1) is 19.5. The van der Waals surface area contributed by atoms with Crippen LogP contribution in [0.25, 0.3) is 16.8 Å². The van der Waals surface area contributed by atoms with E-state index < -0.39 is 16.3 Å². The van der Waals surface area contributed by atoms with Crippen molar-refractivity contribution in [2.24, 2.45) is 5.92 Å². The zero-order chi connectivity index (χ0) is 28.0. The summed E-state index contributed by atoms with van der Waals surface area (Å²) in [6.07, 6.45) is 11.0. The van der Waals surface area contributed by atoms with E-state index >= 15 is 0 Å². The Balaban J connectivity index is 0.000000194. The van der Waals surface area contributed by atoms with Crippen LogP contribution in [0.5, 0.6) is 0 Å². The lowest BCUT2D eigenvalue weighted by atomic mass is 9.88. The number of nitriles is 2. The van der Waals surface area contributed by atoms with Gasteiger partial charge in [0.2, 0.25) is 5.91 Å². The maximum Gasteiger partial charge on any atom is 0.224 e. The van der Waals surface area contributed by atoms with Crippen molar-refractivity contribution in [3.8, 4) is 29.0 Å². The molecule has 40 heavy (non-hydrogen) atoms. The van der Waals surface area contributed by atoms with E-state index in [2.05, 4.69) is 51.7 Å². The third kappa shape index (κ3) is 6.60. The Morgan fingerprint density at radius 2 is 1.68 bits per heavy atom. The van der Waals surface area contributed by atoms with Crippen LogP contribution in [0.4, 0.5) is 5.69 Å². The van der Waals surface area contributed by atoms with Crippen molar-refractivity contribution in [3.05, 3.63) is 66.5 Å². The Kier molecular flexibility index (Phi) is 8.62. The highest BCUT2D eigenvalue weighted by molar-refractivity contribution is 7.85. The Bertz CT molecular complexity index is 1430. The molecule has 1 aliphatic heterocycles. The van der Waals surface area contributed by atoms with Gasteiger partial charge in [-0.1, -0.05) is 43.5 Å². The molecule has 2 aliphatic carbocycles. The molecule has 3 fully saturated rings. The first-order valence-electron chi connectivity index (χ1n) is 14.0. The van der Waals surface area contributed by atoms with Crippen LogP contribution in [0.1, 0.15) is 50.5 Å². The van der Waals surface area contributed by atoms with Crippen molar-refractivity contribution in [1.82, 2.24) is 15.1 Å². The third-order valence-corrected chi connectivity index (χ3v) is 9.18. The number of hydrogen-bond donors (Lipinski definition) is 1. The second kappa shape index (κ2) is 12.5. The van der Waals surface area contributed by atoms with Crippen molar-refractivity contribution in [2.45, 2.75) is 50.5 Å². The first kappa shape index (κ1) is 27.6. The Morgan fingerprint density at radius 3 is 2.33 bits per heavy atom. The zero-order valence-corrected chi connectivity index (χ0v) is 23.4. The summed E-state index contributed by atoms with van der Waals surface area (Å²) in [5.74, 6) is 1.78. The predicted octanol–water partition coefficient (Wildman–Crippen LogP) is 4.72. The Hall–Kier alpha value is -3.95. The van der Waals surface area contributed by atoms with Crippen LogP contribution in [-0.2, 0) is 15.6 Å². The Labute approximate surface area is 238 Å². The molecule has 3 aliphatic rings. The van der Waals surface area contributed by atoms with Crippen molar-refractivity contribution < 1.29 is 9.00 Å². The van der Waals surface area contributed by atoms with E-state index in [0.29, 0.717) is 5.56 Å². The van der Waals surface area contributed by atoms with E-state index in [4.69, 9.17) is 5.26 Å². The minimum Gasteiger partial charge on any atom is -0.370 e. The molecule has 6 rings (SSSR count). The van der Waals surface area contributed by atoms with Crippen molar-refractivity contribution >= 4 is 22.4 Å². The van der Waals surface area contributed by atoms with Gasteiger partial charge >= 0.3 is 0 Å². The number of anilines is 1. The predicted molar refractivity (Wildman–Crippen MR) is 156 cm³/mol. The van der Waals surface area contributed by atoms with Crippen LogP contribution in [0.3, 0.4) is 0 Å². The maximum absolute atomic E-state index is 11.8. The molecule has 206 valence electrons. The van der Waals surface area contributed by atoms with Gasteiger partial charge in [0, 0.05) is 58.8 Å². The van der Waals surface area contributed by atoms with Crippen LogP contribution in [0.15, 0.2) is 60.9 Å².